The van der Waals surface area contributed by atoms with Gasteiger partial charge in [-0.05, 0) is 78.9 Å². The normalized spacial score (nSPS) is 13.5. The summed E-state index contributed by atoms with van der Waals surface area (Å²) in [5, 5.41) is 22.2. The molecular weight excluding hydrogens is 869 g/mol. The van der Waals surface area contributed by atoms with E-state index in [1.165, 1.54) is 60.7 Å². The molecule has 3 aliphatic rings. The summed E-state index contributed by atoms with van der Waals surface area (Å²) < 4.78 is 21.2. The highest BCUT2D eigenvalue weighted by Crippen LogP contribution is 2.35. The van der Waals surface area contributed by atoms with E-state index in [0.29, 0.717) is 0 Å². The number of amides is 4. The highest BCUT2D eigenvalue weighted by molar-refractivity contribution is 6.35. The van der Waals surface area contributed by atoms with Crippen molar-refractivity contribution < 1.29 is 71.9 Å². The first-order chi connectivity index (χ1) is 31.6. The van der Waals surface area contributed by atoms with Crippen molar-refractivity contribution in [3.8, 4) is 17.2 Å². The van der Waals surface area contributed by atoms with Crippen molar-refractivity contribution in [2.75, 3.05) is 9.80 Å². The van der Waals surface area contributed by atoms with Crippen molar-refractivity contribution in [3.05, 3.63) is 192 Å². The molecule has 6 aromatic rings. The molecular formula is C45H20N4O17. The summed E-state index contributed by atoms with van der Waals surface area (Å²) in [7, 11) is 0. The van der Waals surface area contributed by atoms with Crippen molar-refractivity contribution in [3.63, 3.8) is 0 Å². The van der Waals surface area contributed by atoms with Gasteiger partial charge in [0.15, 0.2) is 0 Å². The third-order valence-electron chi connectivity index (χ3n) is 10.2. The van der Waals surface area contributed by atoms with Gasteiger partial charge in [-0.2, -0.15) is 0 Å². The van der Waals surface area contributed by atoms with Gasteiger partial charge < -0.3 is 18.9 Å². The van der Waals surface area contributed by atoms with Crippen LogP contribution in [0.5, 0.6) is 17.2 Å². The molecule has 0 aromatic heterocycles. The molecule has 66 heavy (non-hydrogen) atoms. The summed E-state index contributed by atoms with van der Waals surface area (Å²) in [5.74, 6) is -9.67. The summed E-state index contributed by atoms with van der Waals surface area (Å²) in [5.41, 5.74) is -2.08. The van der Waals surface area contributed by atoms with Crippen molar-refractivity contribution in [1.29, 1.82) is 0 Å². The van der Waals surface area contributed by atoms with E-state index in [0.717, 1.165) is 70.5 Å². The minimum atomic E-state index is -1.12. The molecule has 0 saturated carbocycles. The zero-order valence-corrected chi connectivity index (χ0v) is 32.8. The van der Waals surface area contributed by atoms with Crippen LogP contribution in [-0.2, 0) is 4.74 Å². The fourth-order valence-corrected chi connectivity index (χ4v) is 7.08. The molecule has 0 unspecified atom stereocenters. The van der Waals surface area contributed by atoms with Crippen LogP contribution in [0.4, 0.5) is 22.7 Å². The Hall–Kier alpha value is -10.1. The summed E-state index contributed by atoms with van der Waals surface area (Å²) >= 11 is 0. The summed E-state index contributed by atoms with van der Waals surface area (Å²) in [6.07, 6.45) is 0. The van der Waals surface area contributed by atoms with E-state index >= 15 is 0 Å². The minimum absolute atomic E-state index is 0.0295. The lowest BCUT2D eigenvalue weighted by atomic mass is 10.1. The Balaban J connectivity index is 0.989. The number of hydrogen-bond acceptors (Lipinski definition) is 17. The molecule has 0 bridgehead atoms. The Morgan fingerprint density at radius 1 is 0.409 bits per heavy atom. The van der Waals surface area contributed by atoms with Gasteiger partial charge in [0.05, 0.1) is 71.3 Å². The van der Waals surface area contributed by atoms with Crippen LogP contribution in [-0.4, -0.2) is 63.3 Å². The van der Waals surface area contributed by atoms with Crippen LogP contribution >= 0.6 is 0 Å². The van der Waals surface area contributed by atoms with Crippen LogP contribution in [0.25, 0.3) is 0 Å². The van der Waals surface area contributed by atoms with Crippen LogP contribution in [0, 0.1) is 20.2 Å². The highest BCUT2D eigenvalue weighted by atomic mass is 16.6. The van der Waals surface area contributed by atoms with Gasteiger partial charge in [-0.25, -0.2) is 33.8 Å². The second kappa shape index (κ2) is 15.7. The number of esters is 5. The zero-order valence-electron chi connectivity index (χ0n) is 32.8. The van der Waals surface area contributed by atoms with E-state index in [9.17, 15) is 63.4 Å². The van der Waals surface area contributed by atoms with Crippen LogP contribution in [0.1, 0.15) is 93.2 Å². The van der Waals surface area contributed by atoms with Crippen molar-refractivity contribution in [1.82, 2.24) is 0 Å². The maximum Gasteiger partial charge on any atom is 0.346 e. The number of hydrogen-bond donors (Lipinski definition) is 0. The number of nitro benzene ring substituents is 2. The standard InChI is InChI=1S/C45H20N4O17/c50-37-31-12-1-21(15-34(31)39(52)46(37)24-4-8-26(9-5-24)48(59)60)41(54)63-28-18-29(20-30(19-28)65-43(56)23-3-14-33-36(17-23)45(58)66-44(33)57)64-42(55)22-2-13-32-35(16-22)40(53)47(38(32)51)25-6-10-27(11-7-25)49(61)62/h1-20H. The lowest BCUT2D eigenvalue weighted by molar-refractivity contribution is -0.385. The molecule has 3 heterocycles. The molecule has 0 fully saturated rings. The van der Waals surface area contributed by atoms with Crippen molar-refractivity contribution >= 4 is 76.2 Å². The van der Waals surface area contributed by atoms with Gasteiger partial charge in [0.1, 0.15) is 17.2 Å². The Labute approximate surface area is 366 Å². The molecule has 0 saturated heterocycles. The molecule has 21 nitrogen and oxygen atoms in total. The summed E-state index contributed by atoms with van der Waals surface area (Å²) in [6.45, 7) is 0. The van der Waals surface area contributed by atoms with Crippen LogP contribution < -0.4 is 24.0 Å². The number of ether oxygens (including phenoxy) is 4. The lowest BCUT2D eigenvalue weighted by Gasteiger charge is -2.13. The predicted octanol–water partition coefficient (Wildman–Crippen LogP) is 6.07. The van der Waals surface area contributed by atoms with E-state index in [2.05, 4.69) is 4.74 Å². The molecule has 3 aliphatic heterocycles. The van der Waals surface area contributed by atoms with Crippen LogP contribution in [0.3, 0.4) is 0 Å². The SMILES string of the molecule is O=C(Oc1cc(OC(=O)c2ccc3c(c2)C(=O)N(c2ccc([N+](=O)[O-])cc2)C3=O)cc(OC(=O)c2ccc3c(c2)C(=O)N(c2ccc([N+](=O)[O-])cc2)C3=O)c1)c1ccc2c(c1)C(=O)OC2=O. The number of non-ortho nitro benzene ring substituents is 2. The van der Waals surface area contributed by atoms with Gasteiger partial charge in [0, 0.05) is 42.5 Å². The fourth-order valence-electron chi connectivity index (χ4n) is 7.08. The summed E-state index contributed by atoms with van der Waals surface area (Å²) in [6, 6.07) is 22.7. The van der Waals surface area contributed by atoms with E-state index in [-0.39, 0.29) is 72.8 Å². The van der Waals surface area contributed by atoms with Crippen molar-refractivity contribution in [2.45, 2.75) is 0 Å². The number of benzene rings is 6. The number of rotatable bonds is 10. The maximum absolute atomic E-state index is 13.6. The van der Waals surface area contributed by atoms with Gasteiger partial charge in [-0.15, -0.1) is 0 Å². The number of cyclic esters (lactones) is 2. The number of carbonyl (C=O) groups is 9. The highest BCUT2D eigenvalue weighted by Gasteiger charge is 2.39. The summed E-state index contributed by atoms with van der Waals surface area (Å²) in [4.78, 5) is 140. The topological polar surface area (TPSA) is 283 Å². The van der Waals surface area contributed by atoms with E-state index in [4.69, 9.17) is 14.2 Å². The predicted molar refractivity (Wildman–Crippen MR) is 219 cm³/mol. The molecule has 6 aromatic carbocycles. The monoisotopic (exact) mass is 888 g/mol. The van der Waals surface area contributed by atoms with Crippen LogP contribution in [0.2, 0.25) is 0 Å². The van der Waals surface area contributed by atoms with Crippen LogP contribution in [0.15, 0.2) is 121 Å². The molecule has 322 valence electrons. The quantitative estimate of drug-likeness (QED) is 0.0376. The molecule has 0 atom stereocenters. The Morgan fingerprint density at radius 2 is 0.727 bits per heavy atom. The third kappa shape index (κ3) is 7.20. The Kier molecular flexibility index (Phi) is 9.82. The number of nitro groups is 2. The number of anilines is 2. The van der Waals surface area contributed by atoms with Gasteiger partial charge in [-0.1, -0.05) is 0 Å². The molecule has 4 amide bonds. The van der Waals surface area contributed by atoms with Gasteiger partial charge in [0.25, 0.3) is 35.0 Å². The average Bonchev–Trinajstić information content (AvgIpc) is 3.84. The second-order valence-electron chi connectivity index (χ2n) is 14.2. The lowest BCUT2D eigenvalue weighted by Crippen LogP contribution is -2.29. The first-order valence-electron chi connectivity index (χ1n) is 18.8. The molecule has 21 heteroatoms. The van der Waals surface area contributed by atoms with E-state index < -0.39 is 80.6 Å². The molecule has 0 aliphatic carbocycles. The third-order valence-corrected chi connectivity index (χ3v) is 10.2. The van der Waals surface area contributed by atoms with Crippen molar-refractivity contribution in [2.24, 2.45) is 0 Å². The smallest absolute Gasteiger partial charge is 0.346 e. The van der Waals surface area contributed by atoms with Gasteiger partial charge in [-0.3, -0.25) is 39.4 Å². The van der Waals surface area contributed by atoms with Gasteiger partial charge >= 0.3 is 29.8 Å². The fraction of sp³-hybridized carbons (Fsp3) is 0. The first-order valence-corrected chi connectivity index (χ1v) is 18.8. The Bertz CT molecular complexity index is 3120. The average molecular weight is 889 g/mol. The zero-order chi connectivity index (χ0) is 46.7. The minimum Gasteiger partial charge on any atom is -0.423 e. The first kappa shape index (κ1) is 41.3. The van der Waals surface area contributed by atoms with Gasteiger partial charge in [0.2, 0.25) is 0 Å². The number of carbonyl (C=O) groups excluding carboxylic acids is 9. The number of fused-ring (bicyclic) bond motifs is 3. The number of nitrogens with zero attached hydrogens (tertiary/aromatic N) is 4. The molecule has 0 radical (unpaired) electrons. The molecule has 0 N–H and O–H groups in total. The molecule has 0 spiro atoms. The Morgan fingerprint density at radius 3 is 1.09 bits per heavy atom. The maximum atomic E-state index is 13.6. The second-order valence-corrected chi connectivity index (χ2v) is 14.2. The number of imide groups is 2. The molecule has 9 rings (SSSR count). The van der Waals surface area contributed by atoms with E-state index in [1.54, 1.807) is 0 Å². The largest absolute Gasteiger partial charge is 0.423 e. The van der Waals surface area contributed by atoms with E-state index in [1.807, 2.05) is 0 Å².